The Morgan fingerprint density at radius 1 is 1.04 bits per heavy atom. The molecule has 0 aliphatic rings. The van der Waals surface area contributed by atoms with E-state index < -0.39 is 9.85 Å². The molecule has 12 nitrogen and oxygen atoms in total. The normalized spacial score (nSPS) is 10.2. The lowest BCUT2D eigenvalue weighted by molar-refractivity contribution is -0.392. The maximum absolute atomic E-state index is 10.4. The molecule has 0 bridgehead atoms. The molecule has 2 rings (SSSR count). The van der Waals surface area contributed by atoms with Gasteiger partial charge in [-0.25, -0.2) is 0 Å². The summed E-state index contributed by atoms with van der Waals surface area (Å²) in [5.74, 6) is -0.0893. The quantitative estimate of drug-likeness (QED) is 0.349. The highest BCUT2D eigenvalue weighted by Gasteiger charge is 2.12. The van der Waals surface area contributed by atoms with Gasteiger partial charge >= 0.3 is 11.6 Å². The largest absolute Gasteiger partial charge is 0.389 e. The van der Waals surface area contributed by atoms with Gasteiger partial charge in [-0.2, -0.15) is 4.68 Å². The van der Waals surface area contributed by atoms with Crippen LogP contribution in [0.4, 0.5) is 11.6 Å². The van der Waals surface area contributed by atoms with Crippen molar-refractivity contribution in [1.29, 1.82) is 0 Å². The van der Waals surface area contributed by atoms with E-state index in [9.17, 15) is 20.2 Å². The second-order valence-electron chi connectivity index (χ2n) is 5.06. The monoisotopic (exact) mass is 370 g/mol. The van der Waals surface area contributed by atoms with Gasteiger partial charge in [-0.05, 0) is 16.3 Å². The third-order valence-corrected chi connectivity index (χ3v) is 3.15. The molecule has 0 N–H and O–H groups in total. The summed E-state index contributed by atoms with van der Waals surface area (Å²) in [7, 11) is 3.21. The second-order valence-corrected chi connectivity index (χ2v) is 5.06. The van der Waals surface area contributed by atoms with E-state index in [4.69, 9.17) is 9.47 Å². The molecular formula is C14H22N6O6. The van der Waals surface area contributed by atoms with Crippen LogP contribution in [-0.2, 0) is 22.6 Å². The molecule has 0 radical (unpaired) electrons. The number of aryl methyl sites for hydroxylation is 2. The Bertz CT molecular complexity index is 685. The SMILES string of the molecule is COCCCn1ccc([N+](=O)[O-])n1.COCCCn1nccc1[N+](=O)[O-]. The number of hydrogen-bond donors (Lipinski definition) is 0. The van der Waals surface area contributed by atoms with Gasteiger partial charge in [0.1, 0.15) is 6.54 Å². The van der Waals surface area contributed by atoms with Crippen molar-refractivity contribution in [2.45, 2.75) is 25.9 Å². The summed E-state index contributed by atoms with van der Waals surface area (Å²) in [6, 6.07) is 2.76. The molecule has 0 atom stereocenters. The summed E-state index contributed by atoms with van der Waals surface area (Å²) in [5, 5.41) is 28.3. The first-order chi connectivity index (χ1) is 12.5. The van der Waals surface area contributed by atoms with Crippen LogP contribution < -0.4 is 0 Å². The number of ether oxygens (including phenoxy) is 2. The molecule has 0 fully saturated rings. The van der Waals surface area contributed by atoms with Crippen LogP contribution in [0.1, 0.15) is 12.8 Å². The lowest BCUT2D eigenvalue weighted by atomic mass is 10.4. The Balaban J connectivity index is 0.000000260. The van der Waals surface area contributed by atoms with Crippen molar-refractivity contribution in [3.8, 4) is 0 Å². The molecule has 0 saturated heterocycles. The summed E-state index contributed by atoms with van der Waals surface area (Å²) in [4.78, 5) is 19.7. The lowest BCUT2D eigenvalue weighted by Gasteiger charge is -1.98. The molecule has 2 heterocycles. The maximum Gasteiger partial charge on any atom is 0.389 e. The summed E-state index contributed by atoms with van der Waals surface area (Å²) in [5.41, 5.74) is 0. The van der Waals surface area contributed by atoms with Gasteiger partial charge in [0.2, 0.25) is 0 Å². The minimum absolute atomic E-state index is 0.0242. The summed E-state index contributed by atoms with van der Waals surface area (Å²) >= 11 is 0. The molecule has 0 aromatic carbocycles. The molecule has 12 heteroatoms. The first-order valence-corrected chi connectivity index (χ1v) is 7.81. The Morgan fingerprint density at radius 3 is 2.23 bits per heavy atom. The van der Waals surface area contributed by atoms with E-state index in [2.05, 4.69) is 10.2 Å². The average molecular weight is 370 g/mol. The molecule has 26 heavy (non-hydrogen) atoms. The molecule has 0 aliphatic heterocycles. The molecule has 144 valence electrons. The van der Waals surface area contributed by atoms with E-state index in [-0.39, 0.29) is 11.6 Å². The molecule has 0 amide bonds. The van der Waals surface area contributed by atoms with Crippen molar-refractivity contribution in [1.82, 2.24) is 19.6 Å². The van der Waals surface area contributed by atoms with Crippen LogP contribution in [-0.4, -0.2) is 56.8 Å². The third kappa shape index (κ3) is 7.36. The highest BCUT2D eigenvalue weighted by molar-refractivity contribution is 5.16. The Morgan fingerprint density at radius 2 is 1.69 bits per heavy atom. The number of hydrogen-bond acceptors (Lipinski definition) is 8. The molecular weight excluding hydrogens is 348 g/mol. The van der Waals surface area contributed by atoms with E-state index in [1.165, 1.54) is 27.7 Å². The Kier molecular flexibility index (Phi) is 9.49. The van der Waals surface area contributed by atoms with Crippen molar-refractivity contribution in [3.05, 3.63) is 44.8 Å². The van der Waals surface area contributed by atoms with Gasteiger partial charge in [-0.15, -0.1) is 4.68 Å². The predicted octanol–water partition coefficient (Wildman–Crippen LogP) is 1.66. The number of rotatable bonds is 10. The van der Waals surface area contributed by atoms with Crippen molar-refractivity contribution < 1.29 is 19.3 Å². The van der Waals surface area contributed by atoms with Gasteiger partial charge in [0.25, 0.3) is 0 Å². The molecule has 2 aromatic rings. The van der Waals surface area contributed by atoms with Gasteiger partial charge in [0.15, 0.2) is 0 Å². The van der Waals surface area contributed by atoms with Crippen LogP contribution >= 0.6 is 0 Å². The fourth-order valence-electron chi connectivity index (χ4n) is 1.96. The van der Waals surface area contributed by atoms with Gasteiger partial charge in [0, 0.05) is 27.2 Å². The van der Waals surface area contributed by atoms with Crippen LogP contribution in [0.5, 0.6) is 0 Å². The van der Waals surface area contributed by atoms with E-state index >= 15 is 0 Å². The average Bonchev–Trinajstić information content (AvgIpc) is 3.25. The highest BCUT2D eigenvalue weighted by Crippen LogP contribution is 2.09. The minimum atomic E-state index is -0.507. The first kappa shape index (κ1) is 21.2. The molecule has 2 aromatic heterocycles. The zero-order valence-corrected chi connectivity index (χ0v) is 14.7. The van der Waals surface area contributed by atoms with E-state index in [1.807, 2.05) is 0 Å². The van der Waals surface area contributed by atoms with Crippen molar-refractivity contribution in [2.24, 2.45) is 0 Å². The fraction of sp³-hybridized carbons (Fsp3) is 0.571. The van der Waals surface area contributed by atoms with Gasteiger partial charge < -0.3 is 29.7 Å². The van der Waals surface area contributed by atoms with Crippen LogP contribution in [0.15, 0.2) is 24.5 Å². The van der Waals surface area contributed by atoms with Crippen molar-refractivity contribution in [2.75, 3.05) is 27.4 Å². The van der Waals surface area contributed by atoms with Crippen LogP contribution in [0.2, 0.25) is 0 Å². The van der Waals surface area contributed by atoms with Crippen LogP contribution in [0.3, 0.4) is 0 Å². The Labute approximate surface area is 149 Å². The van der Waals surface area contributed by atoms with Gasteiger partial charge in [-0.1, -0.05) is 5.10 Å². The fourth-order valence-corrected chi connectivity index (χ4v) is 1.96. The summed E-state index contributed by atoms with van der Waals surface area (Å²) < 4.78 is 12.6. The predicted molar refractivity (Wildman–Crippen MR) is 90.7 cm³/mol. The Hall–Kier alpha value is -2.86. The number of nitro groups is 2. The smallest absolute Gasteiger partial charge is 0.385 e. The third-order valence-electron chi connectivity index (χ3n) is 3.15. The standard InChI is InChI=1S/2C7H11N3O3/c1-13-6-2-5-9-7(10(11)12)3-4-8-9;1-13-6-2-4-9-5-3-7(8-9)10(11)12/h3-4H,2,5-6H2,1H3;3,5H,2,4,6H2,1H3. The van der Waals surface area contributed by atoms with Crippen molar-refractivity contribution >= 4 is 11.6 Å². The zero-order chi connectivity index (χ0) is 19.4. The topological polar surface area (TPSA) is 140 Å². The maximum atomic E-state index is 10.4. The van der Waals surface area contributed by atoms with E-state index in [0.717, 1.165) is 12.8 Å². The summed E-state index contributed by atoms with van der Waals surface area (Å²) in [6.45, 7) is 2.36. The van der Waals surface area contributed by atoms with Gasteiger partial charge in [0.05, 0.1) is 42.8 Å². The molecule has 0 aliphatic carbocycles. The minimum Gasteiger partial charge on any atom is -0.385 e. The van der Waals surface area contributed by atoms with E-state index in [1.54, 1.807) is 20.4 Å². The van der Waals surface area contributed by atoms with Crippen molar-refractivity contribution in [3.63, 3.8) is 0 Å². The molecule has 0 saturated carbocycles. The van der Waals surface area contributed by atoms with Crippen LogP contribution in [0, 0.1) is 20.2 Å². The summed E-state index contributed by atoms with van der Waals surface area (Å²) in [6.07, 6.45) is 4.53. The van der Waals surface area contributed by atoms with Gasteiger partial charge in [-0.3, -0.25) is 0 Å². The molecule has 0 unspecified atom stereocenters. The highest BCUT2D eigenvalue weighted by atomic mass is 16.6. The second kappa shape index (κ2) is 11.7. The molecule has 0 spiro atoms. The van der Waals surface area contributed by atoms with E-state index in [0.29, 0.717) is 26.3 Å². The number of aromatic nitrogens is 4. The first-order valence-electron chi connectivity index (χ1n) is 7.81. The van der Waals surface area contributed by atoms with Crippen LogP contribution in [0.25, 0.3) is 0 Å². The number of methoxy groups -OCH3 is 2. The zero-order valence-electron chi connectivity index (χ0n) is 14.7. The number of nitrogens with zero attached hydrogens (tertiary/aromatic N) is 6. The lowest BCUT2D eigenvalue weighted by Crippen LogP contribution is -2.06.